The first-order chi connectivity index (χ1) is 10.1. The molecule has 2 heterocycles. The van der Waals surface area contributed by atoms with E-state index >= 15 is 0 Å². The summed E-state index contributed by atoms with van der Waals surface area (Å²) in [5.41, 5.74) is 0.543. The maximum absolute atomic E-state index is 12.0. The average molecular weight is 308 g/mol. The monoisotopic (exact) mass is 307 g/mol. The number of imide groups is 1. The Morgan fingerprint density at radius 2 is 1.76 bits per heavy atom. The largest absolute Gasteiger partial charge is 0.322 e. The van der Waals surface area contributed by atoms with E-state index in [-0.39, 0.29) is 36.7 Å². The number of halogens is 1. The van der Waals surface area contributed by atoms with Crippen molar-refractivity contribution in [2.45, 2.75) is 18.9 Å². The molecule has 0 aliphatic carbocycles. The van der Waals surface area contributed by atoms with Gasteiger partial charge in [0, 0.05) is 25.9 Å². The van der Waals surface area contributed by atoms with Crippen LogP contribution in [0.1, 0.15) is 12.8 Å². The number of rotatable bonds is 2. The number of anilines is 1. The lowest BCUT2D eigenvalue weighted by molar-refractivity contribution is -0.144. The second-order valence-electron chi connectivity index (χ2n) is 5.13. The standard InChI is InChI=1S/C14H14ClN3O3/c15-10-3-1-2-4-11(10)16-14(21)17-7-9(8-17)18-12(19)5-6-13(18)20/h1-4,9H,5-8H2,(H,16,21). The minimum Gasteiger partial charge on any atom is -0.320 e. The van der Waals surface area contributed by atoms with Crippen LogP contribution in [0.2, 0.25) is 5.02 Å². The molecule has 0 spiro atoms. The molecular weight excluding hydrogens is 294 g/mol. The summed E-state index contributed by atoms with van der Waals surface area (Å²) in [6, 6.07) is 6.50. The van der Waals surface area contributed by atoms with Gasteiger partial charge in [-0.3, -0.25) is 14.5 Å². The van der Waals surface area contributed by atoms with Gasteiger partial charge in [-0.15, -0.1) is 0 Å². The zero-order chi connectivity index (χ0) is 15.0. The Kier molecular flexibility index (Phi) is 3.55. The SMILES string of the molecule is O=C(Nc1ccccc1Cl)N1CC(N2C(=O)CCC2=O)C1. The van der Waals surface area contributed by atoms with E-state index < -0.39 is 0 Å². The third-order valence-electron chi connectivity index (χ3n) is 3.72. The number of amides is 4. The molecule has 0 unspecified atom stereocenters. The fourth-order valence-corrected chi connectivity index (χ4v) is 2.73. The molecule has 6 nitrogen and oxygen atoms in total. The van der Waals surface area contributed by atoms with E-state index in [2.05, 4.69) is 5.32 Å². The summed E-state index contributed by atoms with van der Waals surface area (Å²) < 4.78 is 0. The zero-order valence-corrected chi connectivity index (χ0v) is 12.0. The molecule has 0 bridgehead atoms. The van der Waals surface area contributed by atoms with Crippen molar-refractivity contribution in [3.05, 3.63) is 29.3 Å². The Labute approximate surface area is 126 Å². The smallest absolute Gasteiger partial charge is 0.320 e. The van der Waals surface area contributed by atoms with Gasteiger partial charge in [0.25, 0.3) is 0 Å². The third-order valence-corrected chi connectivity index (χ3v) is 4.05. The van der Waals surface area contributed by atoms with Gasteiger partial charge >= 0.3 is 6.03 Å². The van der Waals surface area contributed by atoms with Crippen LogP contribution in [0.3, 0.4) is 0 Å². The molecule has 3 rings (SSSR count). The van der Waals surface area contributed by atoms with E-state index in [4.69, 9.17) is 11.6 Å². The number of likely N-dealkylation sites (tertiary alicyclic amines) is 2. The third kappa shape index (κ3) is 2.58. The van der Waals surface area contributed by atoms with E-state index in [1.165, 1.54) is 4.90 Å². The molecule has 0 aromatic heterocycles. The molecule has 1 aromatic rings. The minimum absolute atomic E-state index is 0.142. The lowest BCUT2D eigenvalue weighted by Crippen LogP contribution is -2.63. The summed E-state index contributed by atoms with van der Waals surface area (Å²) in [5, 5.41) is 3.18. The molecule has 0 radical (unpaired) electrons. The van der Waals surface area contributed by atoms with Crippen molar-refractivity contribution in [2.24, 2.45) is 0 Å². The van der Waals surface area contributed by atoms with Crippen LogP contribution in [0.15, 0.2) is 24.3 Å². The molecule has 7 heteroatoms. The highest BCUT2D eigenvalue weighted by Gasteiger charge is 2.42. The highest BCUT2D eigenvalue weighted by molar-refractivity contribution is 6.33. The number of urea groups is 1. The van der Waals surface area contributed by atoms with Gasteiger partial charge in [-0.25, -0.2) is 4.79 Å². The average Bonchev–Trinajstić information content (AvgIpc) is 2.72. The fourth-order valence-electron chi connectivity index (χ4n) is 2.54. The van der Waals surface area contributed by atoms with E-state index in [0.29, 0.717) is 23.8 Å². The molecule has 2 saturated heterocycles. The zero-order valence-electron chi connectivity index (χ0n) is 11.2. The molecule has 2 fully saturated rings. The lowest BCUT2D eigenvalue weighted by atomic mass is 10.1. The maximum atomic E-state index is 12.0. The molecule has 0 atom stereocenters. The first kappa shape index (κ1) is 13.9. The Morgan fingerprint density at radius 1 is 1.14 bits per heavy atom. The van der Waals surface area contributed by atoms with E-state index in [9.17, 15) is 14.4 Å². The summed E-state index contributed by atoms with van der Waals surface area (Å²) in [4.78, 5) is 38.1. The normalized spacial score (nSPS) is 18.9. The molecular formula is C14H14ClN3O3. The first-order valence-corrected chi connectivity index (χ1v) is 7.09. The van der Waals surface area contributed by atoms with Gasteiger partial charge in [0.2, 0.25) is 11.8 Å². The predicted molar refractivity (Wildman–Crippen MR) is 76.9 cm³/mol. The highest BCUT2D eigenvalue weighted by Crippen LogP contribution is 2.25. The molecule has 2 aliphatic heterocycles. The van der Waals surface area contributed by atoms with Gasteiger partial charge in [-0.1, -0.05) is 23.7 Å². The predicted octanol–water partition coefficient (Wildman–Crippen LogP) is 1.71. The van der Waals surface area contributed by atoms with E-state index in [0.717, 1.165) is 0 Å². The van der Waals surface area contributed by atoms with Crippen LogP contribution < -0.4 is 5.32 Å². The number of nitrogens with zero attached hydrogens (tertiary/aromatic N) is 2. The minimum atomic E-state index is -0.279. The Hall–Kier alpha value is -2.08. The van der Waals surface area contributed by atoms with Crippen molar-refractivity contribution in [3.8, 4) is 0 Å². The molecule has 4 amide bonds. The van der Waals surface area contributed by atoms with Crippen molar-refractivity contribution in [1.82, 2.24) is 9.80 Å². The van der Waals surface area contributed by atoms with Gasteiger partial charge in [0.1, 0.15) is 0 Å². The van der Waals surface area contributed by atoms with E-state index in [1.54, 1.807) is 29.2 Å². The van der Waals surface area contributed by atoms with Gasteiger partial charge in [-0.2, -0.15) is 0 Å². The number of hydrogen-bond acceptors (Lipinski definition) is 3. The van der Waals surface area contributed by atoms with Crippen LogP contribution in [-0.4, -0.2) is 46.8 Å². The fraction of sp³-hybridized carbons (Fsp3) is 0.357. The Bertz CT molecular complexity index is 597. The number of carbonyl (C=O) groups is 3. The topological polar surface area (TPSA) is 69.7 Å². The van der Waals surface area contributed by atoms with Crippen LogP contribution in [0.5, 0.6) is 0 Å². The van der Waals surface area contributed by atoms with Crippen molar-refractivity contribution < 1.29 is 14.4 Å². The summed E-state index contributed by atoms with van der Waals surface area (Å²) in [7, 11) is 0. The van der Waals surface area contributed by atoms with E-state index in [1.807, 2.05) is 0 Å². The second kappa shape index (κ2) is 5.37. The van der Waals surface area contributed by atoms with Gasteiger partial charge in [0.05, 0.1) is 16.8 Å². The van der Waals surface area contributed by atoms with Gasteiger partial charge in [-0.05, 0) is 12.1 Å². The highest BCUT2D eigenvalue weighted by atomic mass is 35.5. The van der Waals surface area contributed by atoms with Gasteiger partial charge < -0.3 is 10.2 Å². The molecule has 1 aromatic carbocycles. The molecule has 0 saturated carbocycles. The van der Waals surface area contributed by atoms with Crippen LogP contribution in [0.4, 0.5) is 10.5 Å². The number of para-hydroxylation sites is 1. The summed E-state index contributed by atoms with van der Waals surface area (Å²) in [6.07, 6.45) is 0.558. The Balaban J connectivity index is 1.57. The van der Waals surface area contributed by atoms with Crippen LogP contribution in [0, 0.1) is 0 Å². The molecule has 2 aliphatic rings. The molecule has 21 heavy (non-hydrogen) atoms. The van der Waals surface area contributed by atoms with Crippen LogP contribution >= 0.6 is 11.6 Å². The summed E-state index contributed by atoms with van der Waals surface area (Å²) in [5.74, 6) is -0.285. The lowest BCUT2D eigenvalue weighted by Gasteiger charge is -2.42. The van der Waals surface area contributed by atoms with Crippen molar-refractivity contribution in [2.75, 3.05) is 18.4 Å². The number of hydrogen-bond donors (Lipinski definition) is 1. The van der Waals surface area contributed by atoms with Gasteiger partial charge in [0.15, 0.2) is 0 Å². The molecule has 1 N–H and O–H groups in total. The maximum Gasteiger partial charge on any atom is 0.322 e. The number of nitrogens with one attached hydrogen (secondary N) is 1. The van der Waals surface area contributed by atoms with Crippen molar-refractivity contribution in [3.63, 3.8) is 0 Å². The van der Waals surface area contributed by atoms with Crippen LogP contribution in [-0.2, 0) is 9.59 Å². The summed E-state index contributed by atoms with van der Waals surface area (Å²) in [6.45, 7) is 0.738. The number of benzene rings is 1. The first-order valence-electron chi connectivity index (χ1n) is 6.71. The second-order valence-corrected chi connectivity index (χ2v) is 5.53. The van der Waals surface area contributed by atoms with Crippen molar-refractivity contribution in [1.29, 1.82) is 0 Å². The van der Waals surface area contributed by atoms with Crippen LogP contribution in [0.25, 0.3) is 0 Å². The Morgan fingerprint density at radius 3 is 2.38 bits per heavy atom. The quantitative estimate of drug-likeness (QED) is 0.846. The molecule has 110 valence electrons. The summed E-state index contributed by atoms with van der Waals surface area (Å²) >= 11 is 5.97. The number of carbonyl (C=O) groups excluding carboxylic acids is 3. The van der Waals surface area contributed by atoms with Crippen molar-refractivity contribution >= 4 is 35.1 Å².